The fourth-order valence-corrected chi connectivity index (χ4v) is 3.56. The van der Waals surface area contributed by atoms with Crippen LogP contribution in [0, 0.1) is 5.92 Å². The summed E-state index contributed by atoms with van der Waals surface area (Å²) in [5, 5.41) is 4.26. The van der Waals surface area contributed by atoms with Crippen LogP contribution < -0.4 is 10.1 Å². The molecular weight excluding hydrogens is 254 g/mol. The molecule has 1 aromatic rings. The molecule has 0 aliphatic carbocycles. The van der Waals surface area contributed by atoms with Gasteiger partial charge in [0.15, 0.2) is 0 Å². The Morgan fingerprint density at radius 1 is 1.53 bits per heavy atom. The molecule has 0 bridgehead atoms. The second-order valence-corrected chi connectivity index (χ2v) is 5.84. The summed E-state index contributed by atoms with van der Waals surface area (Å²) in [4.78, 5) is 0. The van der Waals surface area contributed by atoms with Crippen molar-refractivity contribution in [3.05, 3.63) is 28.8 Å². The van der Waals surface area contributed by atoms with Crippen molar-refractivity contribution in [1.82, 2.24) is 5.32 Å². The maximum Gasteiger partial charge on any atom is 0.124 e. The van der Waals surface area contributed by atoms with Gasteiger partial charge in [0.25, 0.3) is 0 Å². The van der Waals surface area contributed by atoms with E-state index in [0.717, 1.165) is 35.3 Å². The predicted octanol–water partition coefficient (Wildman–Crippen LogP) is 3.19. The van der Waals surface area contributed by atoms with Gasteiger partial charge in [-0.2, -0.15) is 11.8 Å². The van der Waals surface area contributed by atoms with Gasteiger partial charge >= 0.3 is 0 Å². The average Bonchev–Trinajstić information content (AvgIpc) is 2.84. The molecule has 1 atom stereocenters. The van der Waals surface area contributed by atoms with Crippen molar-refractivity contribution < 1.29 is 4.74 Å². The Morgan fingerprint density at radius 3 is 3.12 bits per heavy atom. The summed E-state index contributed by atoms with van der Waals surface area (Å²) >= 11 is 8.23. The zero-order chi connectivity index (χ0) is 12.1. The minimum Gasteiger partial charge on any atom is -0.496 e. The molecule has 0 spiro atoms. The smallest absolute Gasteiger partial charge is 0.124 e. The molecule has 0 radical (unpaired) electrons. The lowest BCUT2D eigenvalue weighted by Gasteiger charge is -2.13. The van der Waals surface area contributed by atoms with Gasteiger partial charge in [0.1, 0.15) is 5.75 Å². The van der Waals surface area contributed by atoms with E-state index in [4.69, 9.17) is 16.3 Å². The van der Waals surface area contributed by atoms with Crippen molar-refractivity contribution in [2.75, 3.05) is 25.2 Å². The number of rotatable bonds is 5. The molecule has 1 N–H and O–H groups in total. The van der Waals surface area contributed by atoms with Crippen LogP contribution in [0.25, 0.3) is 0 Å². The molecule has 1 unspecified atom stereocenters. The van der Waals surface area contributed by atoms with Gasteiger partial charge in [-0.3, -0.25) is 0 Å². The van der Waals surface area contributed by atoms with Gasteiger partial charge in [0.05, 0.1) is 7.11 Å². The zero-order valence-corrected chi connectivity index (χ0v) is 11.6. The van der Waals surface area contributed by atoms with Crippen molar-refractivity contribution in [1.29, 1.82) is 0 Å². The molecule has 94 valence electrons. The van der Waals surface area contributed by atoms with Gasteiger partial charge in [0, 0.05) is 17.1 Å². The first-order valence-corrected chi connectivity index (χ1v) is 7.44. The van der Waals surface area contributed by atoms with Crippen LogP contribution in [0.3, 0.4) is 0 Å². The second-order valence-electron chi connectivity index (χ2n) is 4.28. The van der Waals surface area contributed by atoms with E-state index in [1.165, 1.54) is 17.9 Å². The highest BCUT2D eigenvalue weighted by molar-refractivity contribution is 7.99. The van der Waals surface area contributed by atoms with Crippen LogP contribution in [0.15, 0.2) is 18.2 Å². The van der Waals surface area contributed by atoms with Crippen molar-refractivity contribution in [2.24, 2.45) is 5.92 Å². The van der Waals surface area contributed by atoms with Crippen LogP contribution in [0.5, 0.6) is 5.75 Å². The third-order valence-corrected chi connectivity index (χ3v) is 4.64. The molecule has 1 aliphatic heterocycles. The van der Waals surface area contributed by atoms with E-state index in [9.17, 15) is 0 Å². The first kappa shape index (κ1) is 13.1. The van der Waals surface area contributed by atoms with Crippen LogP contribution in [-0.2, 0) is 6.54 Å². The van der Waals surface area contributed by atoms with E-state index < -0.39 is 0 Å². The molecule has 0 amide bonds. The molecule has 2 nitrogen and oxygen atoms in total. The normalized spacial score (nSPS) is 19.5. The third-order valence-electron chi connectivity index (χ3n) is 3.05. The molecule has 1 aromatic carbocycles. The highest BCUT2D eigenvalue weighted by Crippen LogP contribution is 2.26. The molecule has 2 rings (SSSR count). The summed E-state index contributed by atoms with van der Waals surface area (Å²) in [6.07, 6.45) is 1.33. The van der Waals surface area contributed by atoms with Crippen LogP contribution >= 0.6 is 23.4 Å². The highest BCUT2D eigenvalue weighted by Gasteiger charge is 2.15. The Balaban J connectivity index is 1.89. The fourth-order valence-electron chi connectivity index (χ4n) is 2.05. The Bertz CT molecular complexity index is 366. The largest absolute Gasteiger partial charge is 0.496 e. The molecule has 4 heteroatoms. The summed E-state index contributed by atoms with van der Waals surface area (Å²) in [5.74, 6) is 4.27. The number of benzene rings is 1. The predicted molar refractivity (Wildman–Crippen MR) is 75.1 cm³/mol. The SMILES string of the molecule is COc1cccc(Cl)c1CNCC1CCSC1. The summed E-state index contributed by atoms with van der Waals surface area (Å²) in [5.41, 5.74) is 1.06. The van der Waals surface area contributed by atoms with E-state index in [-0.39, 0.29) is 0 Å². The Kier molecular flexibility index (Phi) is 5.01. The van der Waals surface area contributed by atoms with Crippen LogP contribution in [0.2, 0.25) is 5.02 Å². The van der Waals surface area contributed by atoms with E-state index >= 15 is 0 Å². The minimum absolute atomic E-state index is 0.776. The highest BCUT2D eigenvalue weighted by atomic mass is 35.5. The summed E-state index contributed by atoms with van der Waals surface area (Å²) in [7, 11) is 1.68. The minimum atomic E-state index is 0.776. The quantitative estimate of drug-likeness (QED) is 0.889. The summed E-state index contributed by atoms with van der Waals surface area (Å²) < 4.78 is 5.32. The van der Waals surface area contributed by atoms with Crippen molar-refractivity contribution in [3.8, 4) is 5.75 Å². The molecule has 1 aliphatic rings. The molecular formula is C13H18ClNOS. The number of methoxy groups -OCH3 is 1. The molecule has 17 heavy (non-hydrogen) atoms. The zero-order valence-electron chi connectivity index (χ0n) is 10.0. The number of thioether (sulfide) groups is 1. The van der Waals surface area contributed by atoms with Crippen LogP contribution in [0.4, 0.5) is 0 Å². The average molecular weight is 272 g/mol. The monoisotopic (exact) mass is 271 g/mol. The Labute approximate surface area is 112 Å². The third kappa shape index (κ3) is 3.54. The molecule has 1 fully saturated rings. The van der Waals surface area contributed by atoms with Gasteiger partial charge in [-0.25, -0.2) is 0 Å². The summed E-state index contributed by atoms with van der Waals surface area (Å²) in [6.45, 7) is 1.85. The number of hydrogen-bond donors (Lipinski definition) is 1. The van der Waals surface area contributed by atoms with E-state index in [2.05, 4.69) is 5.32 Å². The maximum absolute atomic E-state index is 6.18. The lowest BCUT2D eigenvalue weighted by Crippen LogP contribution is -2.22. The van der Waals surface area contributed by atoms with Crippen molar-refractivity contribution in [3.63, 3.8) is 0 Å². The number of ether oxygens (including phenoxy) is 1. The Morgan fingerprint density at radius 2 is 2.41 bits per heavy atom. The summed E-state index contributed by atoms with van der Waals surface area (Å²) in [6, 6.07) is 5.78. The topological polar surface area (TPSA) is 21.3 Å². The van der Waals surface area contributed by atoms with Crippen molar-refractivity contribution >= 4 is 23.4 Å². The number of hydrogen-bond acceptors (Lipinski definition) is 3. The molecule has 0 saturated carbocycles. The molecule has 1 heterocycles. The second kappa shape index (κ2) is 6.53. The first-order chi connectivity index (χ1) is 8.31. The lowest BCUT2D eigenvalue weighted by atomic mass is 10.1. The maximum atomic E-state index is 6.18. The van der Waals surface area contributed by atoms with Gasteiger partial charge in [-0.15, -0.1) is 0 Å². The van der Waals surface area contributed by atoms with E-state index in [1.807, 2.05) is 30.0 Å². The Hall–Kier alpha value is -0.380. The van der Waals surface area contributed by atoms with Gasteiger partial charge in [-0.05, 0) is 42.5 Å². The lowest BCUT2D eigenvalue weighted by molar-refractivity contribution is 0.406. The van der Waals surface area contributed by atoms with Crippen LogP contribution in [0.1, 0.15) is 12.0 Å². The fraction of sp³-hybridized carbons (Fsp3) is 0.538. The van der Waals surface area contributed by atoms with E-state index in [1.54, 1.807) is 7.11 Å². The molecule has 1 saturated heterocycles. The van der Waals surface area contributed by atoms with Gasteiger partial charge < -0.3 is 10.1 Å². The van der Waals surface area contributed by atoms with Gasteiger partial charge in [-0.1, -0.05) is 17.7 Å². The first-order valence-electron chi connectivity index (χ1n) is 5.91. The number of halogens is 1. The van der Waals surface area contributed by atoms with Crippen molar-refractivity contribution in [2.45, 2.75) is 13.0 Å². The van der Waals surface area contributed by atoms with Gasteiger partial charge in [0.2, 0.25) is 0 Å². The van der Waals surface area contributed by atoms with E-state index in [0.29, 0.717) is 0 Å². The molecule has 0 aromatic heterocycles. The number of nitrogens with one attached hydrogen (secondary N) is 1. The van der Waals surface area contributed by atoms with Crippen LogP contribution in [-0.4, -0.2) is 25.2 Å². The standard InChI is InChI=1S/C13H18ClNOS/c1-16-13-4-2-3-12(14)11(13)8-15-7-10-5-6-17-9-10/h2-4,10,15H,5-9H2,1H3.